The van der Waals surface area contributed by atoms with Crippen LogP contribution < -0.4 is 0 Å². The molecule has 0 saturated carbocycles. The second-order valence-electron chi connectivity index (χ2n) is 4.99. The lowest BCUT2D eigenvalue weighted by Crippen LogP contribution is -2.21. The fraction of sp³-hybridized carbons (Fsp3) is 0.600. The van der Waals surface area contributed by atoms with Gasteiger partial charge in [-0.15, -0.1) is 0 Å². The topological polar surface area (TPSA) is 29.5 Å². The highest BCUT2D eigenvalue weighted by Gasteiger charge is 2.19. The third-order valence-electron chi connectivity index (χ3n) is 3.60. The summed E-state index contributed by atoms with van der Waals surface area (Å²) in [6.45, 7) is 8.19. The van der Waals surface area contributed by atoms with Gasteiger partial charge in [0.2, 0.25) is 0 Å². The van der Waals surface area contributed by atoms with Crippen molar-refractivity contribution in [3.8, 4) is 0 Å². The lowest BCUT2D eigenvalue weighted by Gasteiger charge is -2.26. The van der Waals surface area contributed by atoms with Gasteiger partial charge >= 0.3 is 0 Å². The van der Waals surface area contributed by atoms with Crippen molar-refractivity contribution in [3.05, 3.63) is 35.4 Å². The first-order valence-electron chi connectivity index (χ1n) is 6.40. The number of aliphatic hydroxyl groups is 1. The average Bonchev–Trinajstić information content (AvgIpc) is 2.39. The molecule has 0 atom stereocenters. The molecule has 96 valence electrons. The van der Waals surface area contributed by atoms with Crippen molar-refractivity contribution >= 4 is 0 Å². The Morgan fingerprint density at radius 1 is 1.18 bits per heavy atom. The number of aliphatic hydroxyl groups excluding tert-OH is 1. The second-order valence-corrected chi connectivity index (χ2v) is 4.99. The van der Waals surface area contributed by atoms with Crippen LogP contribution in [-0.4, -0.2) is 11.7 Å². The molecule has 0 amide bonds. The Balaban J connectivity index is 2.45. The Labute approximate surface area is 105 Å². The van der Waals surface area contributed by atoms with Crippen LogP contribution in [0.15, 0.2) is 24.3 Å². The first-order chi connectivity index (χ1) is 8.13. The van der Waals surface area contributed by atoms with E-state index in [4.69, 9.17) is 9.84 Å². The van der Waals surface area contributed by atoms with Gasteiger partial charge in [-0.2, -0.15) is 0 Å². The molecule has 17 heavy (non-hydrogen) atoms. The zero-order valence-corrected chi connectivity index (χ0v) is 11.2. The van der Waals surface area contributed by atoms with Crippen LogP contribution in [0.3, 0.4) is 0 Å². The number of ether oxygens (including phenoxy) is 1. The molecule has 0 fully saturated rings. The van der Waals surface area contributed by atoms with Gasteiger partial charge in [0.1, 0.15) is 0 Å². The minimum Gasteiger partial charge on any atom is -0.392 e. The second kappa shape index (κ2) is 6.77. The Kier molecular flexibility index (Phi) is 5.66. The number of rotatable bonds is 7. The van der Waals surface area contributed by atoms with Gasteiger partial charge in [-0.05, 0) is 29.4 Å². The van der Waals surface area contributed by atoms with Crippen LogP contribution in [-0.2, 0) is 18.0 Å². The highest BCUT2D eigenvalue weighted by Crippen LogP contribution is 2.25. The Morgan fingerprint density at radius 2 is 1.82 bits per heavy atom. The third-order valence-corrected chi connectivity index (χ3v) is 3.60. The smallest absolute Gasteiger partial charge is 0.0717 e. The van der Waals surface area contributed by atoms with Crippen molar-refractivity contribution in [1.82, 2.24) is 0 Å². The predicted molar refractivity (Wildman–Crippen MR) is 70.7 cm³/mol. The number of benzene rings is 1. The summed E-state index contributed by atoms with van der Waals surface area (Å²) in [6.07, 6.45) is 2.28. The SMILES string of the molecule is CCC(C)(CC)COCc1cccc(CO)c1. The van der Waals surface area contributed by atoms with Gasteiger partial charge < -0.3 is 9.84 Å². The summed E-state index contributed by atoms with van der Waals surface area (Å²) in [6, 6.07) is 7.92. The summed E-state index contributed by atoms with van der Waals surface area (Å²) in [5.41, 5.74) is 2.36. The summed E-state index contributed by atoms with van der Waals surface area (Å²) < 4.78 is 5.78. The highest BCUT2D eigenvalue weighted by atomic mass is 16.5. The van der Waals surface area contributed by atoms with E-state index in [1.165, 1.54) is 0 Å². The van der Waals surface area contributed by atoms with E-state index >= 15 is 0 Å². The number of hydrogen-bond acceptors (Lipinski definition) is 2. The lowest BCUT2D eigenvalue weighted by molar-refractivity contribution is 0.0380. The van der Waals surface area contributed by atoms with Gasteiger partial charge in [-0.3, -0.25) is 0 Å². The van der Waals surface area contributed by atoms with Crippen molar-refractivity contribution < 1.29 is 9.84 Å². The fourth-order valence-corrected chi connectivity index (χ4v) is 1.69. The molecule has 0 unspecified atom stereocenters. The minimum absolute atomic E-state index is 0.0927. The maximum Gasteiger partial charge on any atom is 0.0717 e. The molecule has 0 bridgehead atoms. The van der Waals surface area contributed by atoms with Crippen LogP contribution in [0.4, 0.5) is 0 Å². The van der Waals surface area contributed by atoms with E-state index in [1.807, 2.05) is 24.3 Å². The molecule has 2 nitrogen and oxygen atoms in total. The molecule has 0 spiro atoms. The Bertz CT molecular complexity index is 329. The summed E-state index contributed by atoms with van der Waals surface area (Å²) in [7, 11) is 0. The molecule has 0 saturated heterocycles. The van der Waals surface area contributed by atoms with Crippen LogP contribution in [0.25, 0.3) is 0 Å². The van der Waals surface area contributed by atoms with E-state index in [0.29, 0.717) is 6.61 Å². The van der Waals surface area contributed by atoms with Gasteiger partial charge in [0, 0.05) is 0 Å². The quantitative estimate of drug-likeness (QED) is 0.785. The van der Waals surface area contributed by atoms with Crippen molar-refractivity contribution in [2.24, 2.45) is 5.41 Å². The van der Waals surface area contributed by atoms with Crippen molar-refractivity contribution in [3.63, 3.8) is 0 Å². The largest absolute Gasteiger partial charge is 0.392 e. The Hall–Kier alpha value is -0.860. The van der Waals surface area contributed by atoms with E-state index in [1.54, 1.807) is 0 Å². The summed E-state index contributed by atoms with van der Waals surface area (Å²) >= 11 is 0. The molecule has 0 heterocycles. The van der Waals surface area contributed by atoms with Gasteiger partial charge in [0.05, 0.1) is 19.8 Å². The maximum atomic E-state index is 9.05. The molecule has 0 aromatic heterocycles. The van der Waals surface area contributed by atoms with Gasteiger partial charge in [-0.1, -0.05) is 45.0 Å². The standard InChI is InChI=1S/C15H24O2/c1-4-15(3,5-2)12-17-11-14-8-6-7-13(9-14)10-16/h6-9,16H,4-5,10-12H2,1-3H3. The van der Waals surface area contributed by atoms with E-state index in [0.717, 1.165) is 30.6 Å². The zero-order chi connectivity index (χ0) is 12.7. The van der Waals surface area contributed by atoms with Crippen molar-refractivity contribution in [2.45, 2.75) is 46.8 Å². The van der Waals surface area contributed by atoms with Gasteiger partial charge in [0.15, 0.2) is 0 Å². The summed E-state index contributed by atoms with van der Waals surface area (Å²) in [4.78, 5) is 0. The van der Waals surface area contributed by atoms with E-state index < -0.39 is 0 Å². The van der Waals surface area contributed by atoms with E-state index in [9.17, 15) is 0 Å². The monoisotopic (exact) mass is 236 g/mol. The summed E-state index contributed by atoms with van der Waals surface area (Å²) in [5, 5.41) is 9.05. The van der Waals surface area contributed by atoms with Gasteiger partial charge in [-0.25, -0.2) is 0 Å². The van der Waals surface area contributed by atoms with Crippen LogP contribution in [0.1, 0.15) is 44.7 Å². The molecule has 1 N–H and O–H groups in total. The predicted octanol–water partition coefficient (Wildman–Crippen LogP) is 3.52. The molecular formula is C15H24O2. The first-order valence-corrected chi connectivity index (χ1v) is 6.40. The molecule has 0 aliphatic heterocycles. The molecule has 1 aromatic carbocycles. The summed E-state index contributed by atoms with van der Waals surface area (Å²) in [5.74, 6) is 0. The first kappa shape index (κ1) is 14.2. The Morgan fingerprint density at radius 3 is 2.41 bits per heavy atom. The third kappa shape index (κ3) is 4.49. The van der Waals surface area contributed by atoms with E-state index in [-0.39, 0.29) is 12.0 Å². The van der Waals surface area contributed by atoms with Crippen molar-refractivity contribution in [2.75, 3.05) is 6.61 Å². The number of hydrogen-bond donors (Lipinski definition) is 1. The molecule has 1 rings (SSSR count). The molecule has 0 aliphatic rings. The minimum atomic E-state index is 0.0927. The van der Waals surface area contributed by atoms with E-state index in [2.05, 4.69) is 20.8 Å². The normalized spacial score (nSPS) is 11.8. The van der Waals surface area contributed by atoms with Crippen LogP contribution in [0.2, 0.25) is 0 Å². The van der Waals surface area contributed by atoms with Crippen LogP contribution in [0, 0.1) is 5.41 Å². The van der Waals surface area contributed by atoms with Gasteiger partial charge in [0.25, 0.3) is 0 Å². The highest BCUT2D eigenvalue weighted by molar-refractivity contribution is 5.22. The van der Waals surface area contributed by atoms with Crippen molar-refractivity contribution in [1.29, 1.82) is 0 Å². The lowest BCUT2D eigenvalue weighted by atomic mass is 9.86. The molecular weight excluding hydrogens is 212 g/mol. The zero-order valence-electron chi connectivity index (χ0n) is 11.2. The van der Waals surface area contributed by atoms with Crippen LogP contribution in [0.5, 0.6) is 0 Å². The van der Waals surface area contributed by atoms with Crippen LogP contribution >= 0.6 is 0 Å². The molecule has 1 aromatic rings. The molecule has 0 aliphatic carbocycles. The average molecular weight is 236 g/mol. The maximum absolute atomic E-state index is 9.05. The fourth-order valence-electron chi connectivity index (χ4n) is 1.69. The molecule has 2 heteroatoms. The molecule has 0 radical (unpaired) electrons.